The molecule has 0 atom stereocenters. The lowest BCUT2D eigenvalue weighted by Gasteiger charge is -2.31. The van der Waals surface area contributed by atoms with E-state index in [1.165, 1.54) is 10.8 Å². The lowest BCUT2D eigenvalue weighted by atomic mass is 9.94. The van der Waals surface area contributed by atoms with E-state index in [2.05, 4.69) is 222 Å². The number of hydrogen-bond donors (Lipinski definition) is 0. The molecule has 0 saturated heterocycles. The summed E-state index contributed by atoms with van der Waals surface area (Å²) in [6.45, 7) is 0. The Hall–Kier alpha value is -8.34. The third kappa shape index (κ3) is 5.07. The molecule has 0 fully saturated rings. The molecule has 13 aromatic rings. The first-order valence-electron chi connectivity index (χ1n) is 21.1. The molecule has 0 saturated carbocycles. The molecule has 10 aromatic carbocycles. The van der Waals surface area contributed by atoms with Gasteiger partial charge in [0.1, 0.15) is 22.3 Å². The number of para-hydroxylation sites is 6. The fraction of sp³-hybridized carbons (Fsp3) is 0. The van der Waals surface area contributed by atoms with Crippen LogP contribution in [0, 0.1) is 0 Å². The molecule has 0 aliphatic carbocycles. The van der Waals surface area contributed by atoms with Gasteiger partial charge in [-0.2, -0.15) is 0 Å². The van der Waals surface area contributed by atoms with Crippen LogP contribution in [0.5, 0.6) is 0 Å². The zero-order chi connectivity index (χ0) is 40.7. The molecule has 0 spiro atoms. The van der Waals surface area contributed by atoms with Crippen molar-refractivity contribution in [2.24, 2.45) is 0 Å². The van der Waals surface area contributed by atoms with Crippen molar-refractivity contribution >= 4 is 93.5 Å². The van der Waals surface area contributed by atoms with Gasteiger partial charge in [-0.15, -0.1) is 0 Å². The Morgan fingerprint density at radius 2 is 0.871 bits per heavy atom. The number of hydrogen-bond acceptors (Lipinski definition) is 3. The van der Waals surface area contributed by atoms with E-state index in [1.807, 2.05) is 6.07 Å². The maximum atomic E-state index is 7.10. The van der Waals surface area contributed by atoms with Crippen molar-refractivity contribution in [3.8, 4) is 27.9 Å². The van der Waals surface area contributed by atoms with Crippen LogP contribution in [0.1, 0.15) is 0 Å². The minimum Gasteiger partial charge on any atom is -0.456 e. The standard InChI is InChI=1S/C58H36N2O2/c1-2-19-38-37(17-1)18-15-31-47(38)60(50-29-11-5-22-41(50)43-26-16-34-55-56(43)46-25-8-14-33-54(46)61-55)52-36-35-44-42-23-7-13-32-53(42)62-58(44)57(52)45-24-6-12-30-51(45)59-48-27-9-3-20-39(48)40-21-4-10-28-49(40)59/h1-36H. The van der Waals surface area contributed by atoms with Crippen LogP contribution in [0.4, 0.5) is 17.1 Å². The molecule has 0 bridgehead atoms. The van der Waals surface area contributed by atoms with Gasteiger partial charge in [-0.1, -0.05) is 158 Å². The van der Waals surface area contributed by atoms with Crippen LogP contribution in [0.15, 0.2) is 227 Å². The molecular formula is C58H36N2O2. The number of fused-ring (bicyclic) bond motifs is 10. The summed E-state index contributed by atoms with van der Waals surface area (Å²) in [5.74, 6) is 0. The maximum Gasteiger partial charge on any atom is 0.145 e. The Labute approximate surface area is 356 Å². The summed E-state index contributed by atoms with van der Waals surface area (Å²) in [5, 5.41) is 9.07. The van der Waals surface area contributed by atoms with Gasteiger partial charge in [0.15, 0.2) is 0 Å². The van der Waals surface area contributed by atoms with Gasteiger partial charge in [-0.3, -0.25) is 0 Å². The second kappa shape index (κ2) is 13.6. The topological polar surface area (TPSA) is 34.5 Å². The van der Waals surface area contributed by atoms with E-state index in [1.54, 1.807) is 0 Å². The lowest BCUT2D eigenvalue weighted by molar-refractivity contribution is 0.669. The van der Waals surface area contributed by atoms with Crippen LogP contribution in [-0.2, 0) is 0 Å². The fourth-order valence-electron chi connectivity index (χ4n) is 9.98. The Kier molecular flexibility index (Phi) is 7.57. The minimum absolute atomic E-state index is 0.836. The summed E-state index contributed by atoms with van der Waals surface area (Å²) in [5.41, 5.74) is 14.1. The average Bonchev–Trinajstić information content (AvgIpc) is 4.02. The predicted octanol–water partition coefficient (Wildman–Crippen LogP) is 16.5. The summed E-state index contributed by atoms with van der Waals surface area (Å²) in [7, 11) is 0. The minimum atomic E-state index is 0.836. The smallest absolute Gasteiger partial charge is 0.145 e. The van der Waals surface area contributed by atoms with E-state index in [4.69, 9.17) is 8.83 Å². The highest BCUT2D eigenvalue weighted by Gasteiger charge is 2.28. The van der Waals surface area contributed by atoms with Gasteiger partial charge in [0.25, 0.3) is 0 Å². The van der Waals surface area contributed by atoms with Crippen molar-refractivity contribution in [3.63, 3.8) is 0 Å². The first-order valence-corrected chi connectivity index (χ1v) is 21.1. The van der Waals surface area contributed by atoms with Crippen LogP contribution in [0.25, 0.3) is 104 Å². The second-order valence-corrected chi connectivity index (χ2v) is 15.9. The lowest BCUT2D eigenvalue weighted by Crippen LogP contribution is -2.13. The van der Waals surface area contributed by atoms with E-state index in [-0.39, 0.29) is 0 Å². The molecule has 0 unspecified atom stereocenters. The summed E-state index contributed by atoms with van der Waals surface area (Å²) in [4.78, 5) is 2.46. The molecule has 62 heavy (non-hydrogen) atoms. The van der Waals surface area contributed by atoms with Crippen molar-refractivity contribution in [1.82, 2.24) is 4.57 Å². The zero-order valence-electron chi connectivity index (χ0n) is 33.5. The Morgan fingerprint density at radius 1 is 0.323 bits per heavy atom. The Morgan fingerprint density at radius 3 is 1.68 bits per heavy atom. The normalized spacial score (nSPS) is 11.9. The third-order valence-electron chi connectivity index (χ3n) is 12.6. The van der Waals surface area contributed by atoms with Crippen LogP contribution in [-0.4, -0.2) is 4.57 Å². The number of aromatic nitrogens is 1. The van der Waals surface area contributed by atoms with E-state index in [0.717, 1.165) is 111 Å². The molecule has 13 rings (SSSR count). The van der Waals surface area contributed by atoms with Gasteiger partial charge in [-0.25, -0.2) is 0 Å². The van der Waals surface area contributed by atoms with Gasteiger partial charge >= 0.3 is 0 Å². The van der Waals surface area contributed by atoms with Crippen LogP contribution >= 0.6 is 0 Å². The first-order chi connectivity index (χ1) is 30.8. The summed E-state index contributed by atoms with van der Waals surface area (Å²) in [6.07, 6.45) is 0. The largest absolute Gasteiger partial charge is 0.456 e. The average molecular weight is 793 g/mol. The fourth-order valence-corrected chi connectivity index (χ4v) is 9.98. The van der Waals surface area contributed by atoms with Crippen molar-refractivity contribution < 1.29 is 8.83 Å². The third-order valence-corrected chi connectivity index (χ3v) is 12.6. The van der Waals surface area contributed by atoms with Gasteiger partial charge < -0.3 is 18.3 Å². The highest BCUT2D eigenvalue weighted by atomic mass is 16.3. The quantitative estimate of drug-likeness (QED) is 0.168. The molecule has 0 amide bonds. The Balaban J connectivity index is 1.18. The molecule has 0 aliphatic heterocycles. The number of benzene rings is 10. The predicted molar refractivity (Wildman–Crippen MR) is 258 cm³/mol. The van der Waals surface area contributed by atoms with Crippen LogP contribution in [0.2, 0.25) is 0 Å². The molecule has 3 aromatic heterocycles. The first kappa shape index (κ1) is 34.5. The van der Waals surface area contributed by atoms with E-state index in [9.17, 15) is 0 Å². The van der Waals surface area contributed by atoms with E-state index >= 15 is 0 Å². The van der Waals surface area contributed by atoms with Gasteiger partial charge in [-0.05, 0) is 71.6 Å². The van der Waals surface area contributed by atoms with Crippen molar-refractivity contribution in [1.29, 1.82) is 0 Å². The summed E-state index contributed by atoms with van der Waals surface area (Å²) in [6, 6.07) is 78.0. The molecule has 0 radical (unpaired) electrons. The second-order valence-electron chi connectivity index (χ2n) is 15.9. The van der Waals surface area contributed by atoms with Crippen molar-refractivity contribution in [3.05, 3.63) is 218 Å². The molecule has 4 heteroatoms. The number of anilines is 3. The SMILES string of the molecule is c1ccc(N(c2ccc3c(oc4ccccc43)c2-c2ccccc2-n2c3ccccc3c3ccccc32)c2cccc3ccccc23)c(-c2cccc3oc4ccccc4c23)c1. The van der Waals surface area contributed by atoms with E-state index < -0.39 is 0 Å². The number of nitrogens with zero attached hydrogens (tertiary/aromatic N) is 2. The van der Waals surface area contributed by atoms with Crippen molar-refractivity contribution in [2.75, 3.05) is 4.90 Å². The molecule has 290 valence electrons. The van der Waals surface area contributed by atoms with Gasteiger partial charge in [0, 0.05) is 48.8 Å². The molecule has 3 heterocycles. The van der Waals surface area contributed by atoms with Gasteiger partial charge in [0.2, 0.25) is 0 Å². The molecule has 0 aliphatic rings. The summed E-state index contributed by atoms with van der Waals surface area (Å²) >= 11 is 0. The number of furan rings is 2. The highest BCUT2D eigenvalue weighted by Crippen LogP contribution is 2.52. The molecule has 4 nitrogen and oxygen atoms in total. The maximum absolute atomic E-state index is 7.10. The van der Waals surface area contributed by atoms with Crippen molar-refractivity contribution in [2.45, 2.75) is 0 Å². The molecule has 0 N–H and O–H groups in total. The van der Waals surface area contributed by atoms with Crippen LogP contribution < -0.4 is 4.90 Å². The number of rotatable bonds is 6. The Bertz CT molecular complexity index is 3840. The monoisotopic (exact) mass is 792 g/mol. The highest BCUT2D eigenvalue weighted by molar-refractivity contribution is 6.18. The summed E-state index contributed by atoms with van der Waals surface area (Å²) < 4.78 is 16.0. The van der Waals surface area contributed by atoms with Gasteiger partial charge in [0.05, 0.1) is 39.3 Å². The van der Waals surface area contributed by atoms with E-state index in [0.29, 0.717) is 0 Å². The van der Waals surface area contributed by atoms with Crippen LogP contribution in [0.3, 0.4) is 0 Å². The zero-order valence-corrected chi connectivity index (χ0v) is 33.5. The molecular weight excluding hydrogens is 757 g/mol.